The van der Waals surface area contributed by atoms with Crippen LogP contribution in [0.1, 0.15) is 64.2 Å². The Balaban J connectivity index is 1.30. The van der Waals surface area contributed by atoms with Gasteiger partial charge in [-0.2, -0.15) is 0 Å². The van der Waals surface area contributed by atoms with Crippen LogP contribution < -0.4 is 5.73 Å². The first kappa shape index (κ1) is 14.8. The summed E-state index contributed by atoms with van der Waals surface area (Å²) in [5.74, 6) is 1.68. The molecule has 0 aromatic carbocycles. The molecule has 4 rings (SSSR count). The molecular formula is C17H28N2O3. The second-order valence-corrected chi connectivity index (χ2v) is 8.09. The van der Waals surface area contributed by atoms with Gasteiger partial charge in [-0.05, 0) is 76.0 Å². The zero-order chi connectivity index (χ0) is 15.2. The summed E-state index contributed by atoms with van der Waals surface area (Å²) in [4.78, 5) is 13.2. The number of fused-ring (bicyclic) bond motifs is 4. The third kappa shape index (κ3) is 2.62. The lowest BCUT2D eigenvalue weighted by Crippen LogP contribution is -2.44. The average Bonchev–Trinajstić information content (AvgIpc) is 3.27. The van der Waals surface area contributed by atoms with E-state index in [1.165, 1.54) is 30.6 Å². The molecule has 0 atom stereocenters. The first-order valence-corrected chi connectivity index (χ1v) is 8.91. The fourth-order valence-electron chi connectivity index (χ4n) is 5.28. The number of rotatable bonds is 6. The number of hydrogen-bond donors (Lipinski definition) is 1. The Morgan fingerprint density at radius 1 is 0.909 bits per heavy atom. The summed E-state index contributed by atoms with van der Waals surface area (Å²) in [5.41, 5.74) is 5.56. The third-order valence-corrected chi connectivity index (χ3v) is 6.72. The second kappa shape index (κ2) is 5.38. The Morgan fingerprint density at radius 2 is 1.32 bits per heavy atom. The molecule has 0 heterocycles. The molecule has 4 saturated carbocycles. The molecule has 5 nitrogen and oxygen atoms in total. The quantitative estimate of drug-likeness (QED) is 0.767. The van der Waals surface area contributed by atoms with Crippen molar-refractivity contribution >= 4 is 6.03 Å². The number of ether oxygens (including phenoxy) is 2. The fourth-order valence-corrected chi connectivity index (χ4v) is 5.28. The van der Waals surface area contributed by atoms with Crippen molar-refractivity contribution in [2.24, 2.45) is 17.6 Å². The summed E-state index contributed by atoms with van der Waals surface area (Å²) in [6.45, 7) is 0.559. The number of hydrogen-bond acceptors (Lipinski definition) is 3. The highest BCUT2D eigenvalue weighted by Crippen LogP contribution is 2.51. The standard InChI is InChI=1S/C17H28N2O3/c18-15(20)19(11-21-16-5-1-13(9-16)2-6-16)12-22-17-7-3-14(10-17)4-8-17/h13-14H,1-12H2,(H2,18,20). The van der Waals surface area contributed by atoms with Crippen molar-refractivity contribution < 1.29 is 14.3 Å². The normalized spacial score (nSPS) is 42.2. The van der Waals surface area contributed by atoms with Crippen molar-refractivity contribution in [3.8, 4) is 0 Å². The molecule has 4 aliphatic carbocycles. The molecule has 124 valence electrons. The summed E-state index contributed by atoms with van der Waals surface area (Å²) in [5, 5.41) is 0. The molecule has 4 bridgehead atoms. The first-order valence-electron chi connectivity index (χ1n) is 8.91. The van der Waals surface area contributed by atoms with Crippen molar-refractivity contribution in [3.63, 3.8) is 0 Å². The molecule has 2 amide bonds. The molecule has 0 radical (unpaired) electrons. The lowest BCUT2D eigenvalue weighted by atomic mass is 9.97. The number of nitrogens with two attached hydrogens (primary N) is 1. The summed E-state index contributed by atoms with van der Waals surface area (Å²) < 4.78 is 12.3. The Morgan fingerprint density at radius 3 is 1.59 bits per heavy atom. The molecule has 0 aromatic rings. The summed E-state index contributed by atoms with van der Waals surface area (Å²) in [6.07, 6.45) is 12.0. The fraction of sp³-hybridized carbons (Fsp3) is 0.941. The Labute approximate surface area is 132 Å². The van der Waals surface area contributed by atoms with Crippen LogP contribution in [0, 0.1) is 11.8 Å². The molecule has 0 spiro atoms. The highest BCUT2D eigenvalue weighted by molar-refractivity contribution is 5.71. The lowest BCUT2D eigenvalue weighted by Gasteiger charge is -2.33. The van der Waals surface area contributed by atoms with E-state index < -0.39 is 6.03 Å². The van der Waals surface area contributed by atoms with E-state index >= 15 is 0 Å². The molecular weight excluding hydrogens is 280 g/mol. The molecule has 0 aromatic heterocycles. The van der Waals surface area contributed by atoms with Gasteiger partial charge in [0.15, 0.2) is 0 Å². The third-order valence-electron chi connectivity index (χ3n) is 6.72. The maximum atomic E-state index is 11.7. The van der Waals surface area contributed by atoms with Gasteiger partial charge in [-0.1, -0.05) is 0 Å². The number of primary amides is 1. The van der Waals surface area contributed by atoms with E-state index in [1.807, 2.05) is 0 Å². The van der Waals surface area contributed by atoms with Gasteiger partial charge in [-0.3, -0.25) is 4.90 Å². The monoisotopic (exact) mass is 308 g/mol. The molecule has 0 unspecified atom stereocenters. The van der Waals surface area contributed by atoms with Crippen LogP contribution in [0.3, 0.4) is 0 Å². The van der Waals surface area contributed by atoms with Gasteiger partial charge in [0.05, 0.1) is 11.2 Å². The van der Waals surface area contributed by atoms with Crippen molar-refractivity contribution in [1.29, 1.82) is 0 Å². The van der Waals surface area contributed by atoms with Gasteiger partial charge < -0.3 is 15.2 Å². The van der Waals surface area contributed by atoms with Crippen LogP contribution in [0.4, 0.5) is 4.79 Å². The highest BCUT2D eigenvalue weighted by Gasteiger charge is 2.47. The number of nitrogens with zero attached hydrogens (tertiary/aromatic N) is 1. The van der Waals surface area contributed by atoms with E-state index in [-0.39, 0.29) is 24.7 Å². The predicted octanol–water partition coefficient (Wildman–Crippen LogP) is 2.98. The number of carbonyl (C=O) groups is 1. The minimum atomic E-state index is -0.437. The maximum absolute atomic E-state index is 11.7. The first-order chi connectivity index (χ1) is 10.6. The topological polar surface area (TPSA) is 64.8 Å². The van der Waals surface area contributed by atoms with Crippen LogP contribution >= 0.6 is 0 Å². The summed E-state index contributed by atoms with van der Waals surface area (Å²) in [6, 6.07) is -0.437. The van der Waals surface area contributed by atoms with E-state index in [4.69, 9.17) is 15.2 Å². The highest BCUT2D eigenvalue weighted by atomic mass is 16.5. The van der Waals surface area contributed by atoms with Gasteiger partial charge in [0.2, 0.25) is 0 Å². The smallest absolute Gasteiger partial charge is 0.318 e. The van der Waals surface area contributed by atoms with Gasteiger partial charge in [0.25, 0.3) is 0 Å². The van der Waals surface area contributed by atoms with Crippen LogP contribution in [0.15, 0.2) is 0 Å². The van der Waals surface area contributed by atoms with Crippen LogP contribution in [-0.2, 0) is 9.47 Å². The van der Waals surface area contributed by atoms with Gasteiger partial charge in [-0.25, -0.2) is 4.79 Å². The number of carbonyl (C=O) groups excluding carboxylic acids is 1. The van der Waals surface area contributed by atoms with E-state index in [1.54, 1.807) is 0 Å². The lowest BCUT2D eigenvalue weighted by molar-refractivity contribution is -0.128. The summed E-state index contributed by atoms with van der Waals surface area (Å²) in [7, 11) is 0. The van der Waals surface area contributed by atoms with Gasteiger partial charge in [0, 0.05) is 0 Å². The second-order valence-electron chi connectivity index (χ2n) is 8.09. The summed E-state index contributed by atoms with van der Waals surface area (Å²) >= 11 is 0. The molecule has 22 heavy (non-hydrogen) atoms. The van der Waals surface area contributed by atoms with Gasteiger partial charge >= 0.3 is 6.03 Å². The van der Waals surface area contributed by atoms with E-state index in [9.17, 15) is 4.79 Å². The predicted molar refractivity (Wildman–Crippen MR) is 81.9 cm³/mol. The van der Waals surface area contributed by atoms with E-state index in [2.05, 4.69) is 0 Å². The van der Waals surface area contributed by atoms with Crippen LogP contribution in [-0.4, -0.2) is 35.6 Å². The molecule has 4 fully saturated rings. The minimum absolute atomic E-state index is 0.0163. The maximum Gasteiger partial charge on any atom is 0.318 e. The van der Waals surface area contributed by atoms with Crippen molar-refractivity contribution in [2.45, 2.75) is 75.4 Å². The van der Waals surface area contributed by atoms with Crippen LogP contribution in [0.5, 0.6) is 0 Å². The molecule has 0 aliphatic heterocycles. The van der Waals surface area contributed by atoms with Crippen molar-refractivity contribution in [2.75, 3.05) is 13.5 Å². The number of amides is 2. The van der Waals surface area contributed by atoms with Crippen molar-refractivity contribution in [1.82, 2.24) is 4.90 Å². The zero-order valence-electron chi connectivity index (χ0n) is 13.4. The minimum Gasteiger partial charge on any atom is -0.354 e. The molecule has 2 N–H and O–H groups in total. The number of urea groups is 1. The van der Waals surface area contributed by atoms with Gasteiger partial charge in [-0.15, -0.1) is 0 Å². The van der Waals surface area contributed by atoms with Crippen LogP contribution in [0.2, 0.25) is 0 Å². The van der Waals surface area contributed by atoms with Gasteiger partial charge in [0.1, 0.15) is 13.5 Å². The molecule has 5 heteroatoms. The zero-order valence-corrected chi connectivity index (χ0v) is 13.4. The Bertz CT molecular complexity index is 403. The van der Waals surface area contributed by atoms with E-state index in [0.29, 0.717) is 0 Å². The Hall–Kier alpha value is -0.810. The average molecular weight is 308 g/mol. The largest absolute Gasteiger partial charge is 0.354 e. The molecule has 4 aliphatic rings. The van der Waals surface area contributed by atoms with E-state index in [0.717, 1.165) is 50.4 Å². The Kier molecular flexibility index (Phi) is 3.61. The van der Waals surface area contributed by atoms with Crippen LogP contribution in [0.25, 0.3) is 0 Å². The molecule has 0 saturated heterocycles. The SMILES string of the molecule is NC(=O)N(COC12CCC(CC1)C2)COC12CCC(CC1)C2. The van der Waals surface area contributed by atoms with Crippen molar-refractivity contribution in [3.05, 3.63) is 0 Å².